The third-order valence-electron chi connectivity index (χ3n) is 5.94. The number of hydrogen-bond donors (Lipinski definition) is 0. The largest absolute Gasteiger partial charge is 0.384 e. The van der Waals surface area contributed by atoms with Crippen LogP contribution in [0.25, 0.3) is 0 Å². The fourth-order valence-electron chi connectivity index (χ4n) is 4.14. The number of ketones is 1. The maximum Gasteiger partial charge on any atom is 0.243 e. The quantitative estimate of drug-likeness (QED) is 0.258. The molecule has 186 valence electrons. The second-order valence-corrected chi connectivity index (χ2v) is 11.1. The SMILES string of the molecule is CCC(c1ccccc1)N(Cc1ccc(C(=O)C[C@H](C)COC)cc1)S(=O)(=O)c1ccc(Cl)cc1. The number of ether oxygens (including phenoxy) is 1. The second kappa shape index (κ2) is 12.5. The van der Waals surface area contributed by atoms with Gasteiger partial charge >= 0.3 is 0 Å². The molecule has 0 spiro atoms. The maximum atomic E-state index is 13.8. The molecule has 35 heavy (non-hydrogen) atoms. The van der Waals surface area contributed by atoms with Crippen LogP contribution in [-0.4, -0.2) is 32.2 Å². The zero-order valence-electron chi connectivity index (χ0n) is 20.4. The van der Waals surface area contributed by atoms with Crippen molar-refractivity contribution in [3.63, 3.8) is 0 Å². The number of hydrogen-bond acceptors (Lipinski definition) is 4. The molecular weight excluding hydrogens is 482 g/mol. The number of sulfonamides is 1. The van der Waals surface area contributed by atoms with Gasteiger partial charge in [-0.1, -0.05) is 80.0 Å². The van der Waals surface area contributed by atoms with Gasteiger partial charge in [0.1, 0.15) is 0 Å². The molecule has 5 nitrogen and oxygen atoms in total. The third kappa shape index (κ3) is 7.01. The van der Waals surface area contributed by atoms with E-state index in [2.05, 4.69) is 0 Å². The summed E-state index contributed by atoms with van der Waals surface area (Å²) in [5.74, 6) is 0.172. The number of benzene rings is 3. The van der Waals surface area contributed by atoms with E-state index in [0.29, 0.717) is 30.0 Å². The van der Waals surface area contributed by atoms with Crippen molar-refractivity contribution in [2.24, 2.45) is 5.92 Å². The molecule has 0 amide bonds. The zero-order valence-corrected chi connectivity index (χ0v) is 21.9. The Morgan fingerprint density at radius 1 is 0.971 bits per heavy atom. The van der Waals surface area contributed by atoms with E-state index in [1.165, 1.54) is 16.4 Å². The average molecular weight is 514 g/mol. The van der Waals surface area contributed by atoms with E-state index in [4.69, 9.17) is 16.3 Å². The van der Waals surface area contributed by atoms with Crippen LogP contribution in [0.1, 0.15) is 54.2 Å². The molecule has 0 radical (unpaired) electrons. The van der Waals surface area contributed by atoms with E-state index < -0.39 is 10.0 Å². The number of methoxy groups -OCH3 is 1. The van der Waals surface area contributed by atoms with Crippen molar-refractivity contribution in [2.45, 2.75) is 44.2 Å². The lowest BCUT2D eigenvalue weighted by molar-refractivity contribution is 0.0920. The van der Waals surface area contributed by atoms with Crippen molar-refractivity contribution in [3.05, 3.63) is 101 Å². The molecular formula is C28H32ClNO4S. The van der Waals surface area contributed by atoms with Crippen molar-refractivity contribution in [3.8, 4) is 0 Å². The molecule has 3 aromatic carbocycles. The second-order valence-electron chi connectivity index (χ2n) is 8.72. The normalized spacial score (nSPS) is 13.5. The molecule has 3 rings (SSSR count). The molecule has 0 aliphatic heterocycles. The topological polar surface area (TPSA) is 63.7 Å². The summed E-state index contributed by atoms with van der Waals surface area (Å²) in [5.41, 5.74) is 2.34. The van der Waals surface area contributed by atoms with Crippen LogP contribution < -0.4 is 0 Å². The molecule has 0 saturated heterocycles. The lowest BCUT2D eigenvalue weighted by atomic mass is 9.99. The standard InChI is InChI=1S/C28H32ClNO4S/c1-4-27(23-8-6-5-7-9-23)30(35(32,33)26-16-14-25(29)15-17-26)19-22-10-12-24(13-11-22)28(31)18-21(2)20-34-3/h5-17,21,27H,4,18-20H2,1-3H3/t21-,27?/m0/s1. The Balaban J connectivity index is 1.93. The van der Waals surface area contributed by atoms with Gasteiger partial charge in [0.15, 0.2) is 5.78 Å². The first-order valence-corrected chi connectivity index (χ1v) is 13.5. The van der Waals surface area contributed by atoms with E-state index in [1.54, 1.807) is 31.4 Å². The van der Waals surface area contributed by atoms with Gasteiger partial charge in [-0.15, -0.1) is 0 Å². The van der Waals surface area contributed by atoms with Gasteiger partial charge in [0.25, 0.3) is 0 Å². The van der Waals surface area contributed by atoms with Gasteiger partial charge in [-0.05, 0) is 47.7 Å². The lowest BCUT2D eigenvalue weighted by Gasteiger charge is -2.31. The Bertz CT molecular complexity index is 1200. The van der Waals surface area contributed by atoms with Crippen LogP contribution in [0.4, 0.5) is 0 Å². The van der Waals surface area contributed by atoms with E-state index >= 15 is 0 Å². The van der Waals surface area contributed by atoms with Crippen LogP contribution in [0.15, 0.2) is 83.8 Å². The smallest absolute Gasteiger partial charge is 0.243 e. The summed E-state index contributed by atoms with van der Waals surface area (Å²) in [6.07, 6.45) is 1.00. The highest BCUT2D eigenvalue weighted by Crippen LogP contribution is 2.32. The number of halogens is 1. The van der Waals surface area contributed by atoms with Gasteiger partial charge in [0, 0.05) is 37.3 Å². The van der Waals surface area contributed by atoms with Crippen LogP contribution in [0.2, 0.25) is 5.02 Å². The molecule has 0 saturated carbocycles. The van der Waals surface area contributed by atoms with E-state index in [0.717, 1.165) is 11.1 Å². The minimum absolute atomic E-state index is 0.0439. The number of Topliss-reactive ketones (excluding diaryl/α,β-unsaturated/α-hetero) is 1. The lowest BCUT2D eigenvalue weighted by Crippen LogP contribution is -2.34. The maximum absolute atomic E-state index is 13.8. The Morgan fingerprint density at radius 2 is 1.60 bits per heavy atom. The number of carbonyl (C=O) groups is 1. The highest BCUT2D eigenvalue weighted by Gasteiger charge is 2.32. The van der Waals surface area contributed by atoms with Crippen LogP contribution in [-0.2, 0) is 21.3 Å². The Hall–Kier alpha value is -2.51. The highest BCUT2D eigenvalue weighted by atomic mass is 35.5. The molecule has 0 aromatic heterocycles. The van der Waals surface area contributed by atoms with Gasteiger partial charge in [-0.2, -0.15) is 4.31 Å². The summed E-state index contributed by atoms with van der Waals surface area (Å²) in [7, 11) is -2.21. The first-order chi connectivity index (χ1) is 16.8. The molecule has 7 heteroatoms. The van der Waals surface area contributed by atoms with Crippen LogP contribution in [0, 0.1) is 5.92 Å². The van der Waals surface area contributed by atoms with Crippen LogP contribution in [0.3, 0.4) is 0 Å². The van der Waals surface area contributed by atoms with Crippen molar-refractivity contribution in [1.82, 2.24) is 4.31 Å². The summed E-state index contributed by atoms with van der Waals surface area (Å²) >= 11 is 6.00. The summed E-state index contributed by atoms with van der Waals surface area (Å²) in [4.78, 5) is 12.8. The molecule has 0 fully saturated rings. The van der Waals surface area contributed by atoms with Gasteiger partial charge in [-0.25, -0.2) is 8.42 Å². The summed E-state index contributed by atoms with van der Waals surface area (Å²) in [5, 5.41) is 0.477. The minimum Gasteiger partial charge on any atom is -0.384 e. The summed E-state index contributed by atoms with van der Waals surface area (Å²) in [6, 6.07) is 22.7. The molecule has 1 unspecified atom stereocenters. The van der Waals surface area contributed by atoms with Crippen molar-refractivity contribution in [2.75, 3.05) is 13.7 Å². The number of rotatable bonds is 12. The van der Waals surface area contributed by atoms with E-state index in [1.807, 2.05) is 56.3 Å². The predicted molar refractivity (Wildman–Crippen MR) is 140 cm³/mol. The van der Waals surface area contributed by atoms with Gasteiger partial charge < -0.3 is 4.74 Å². The van der Waals surface area contributed by atoms with Gasteiger partial charge in [-0.3, -0.25) is 4.79 Å². The summed E-state index contributed by atoms with van der Waals surface area (Å²) in [6.45, 7) is 4.65. The molecule has 0 aliphatic carbocycles. The molecule has 0 heterocycles. The predicted octanol–water partition coefficient (Wildman–Crippen LogP) is 6.54. The van der Waals surface area contributed by atoms with Crippen molar-refractivity contribution >= 4 is 27.4 Å². The molecule has 3 aromatic rings. The molecule has 0 aliphatic rings. The van der Waals surface area contributed by atoms with Crippen molar-refractivity contribution in [1.29, 1.82) is 0 Å². The van der Waals surface area contributed by atoms with Crippen LogP contribution in [0.5, 0.6) is 0 Å². The van der Waals surface area contributed by atoms with Gasteiger partial charge in [0.2, 0.25) is 10.0 Å². The third-order valence-corrected chi connectivity index (χ3v) is 8.06. The zero-order chi connectivity index (χ0) is 25.4. The van der Waals surface area contributed by atoms with Crippen molar-refractivity contribution < 1.29 is 17.9 Å². The fraction of sp³-hybridized carbons (Fsp3) is 0.321. The molecule has 0 N–H and O–H groups in total. The number of nitrogens with zero attached hydrogens (tertiary/aromatic N) is 1. The molecule has 2 atom stereocenters. The Kier molecular flexibility index (Phi) is 9.63. The van der Waals surface area contributed by atoms with E-state index in [9.17, 15) is 13.2 Å². The van der Waals surface area contributed by atoms with Gasteiger partial charge in [0.05, 0.1) is 10.9 Å². The highest BCUT2D eigenvalue weighted by molar-refractivity contribution is 7.89. The Morgan fingerprint density at radius 3 is 2.17 bits per heavy atom. The first kappa shape index (κ1) is 27.1. The monoisotopic (exact) mass is 513 g/mol. The minimum atomic E-state index is -3.83. The number of carbonyl (C=O) groups excluding carboxylic acids is 1. The first-order valence-electron chi connectivity index (χ1n) is 11.7. The fourth-order valence-corrected chi connectivity index (χ4v) is 5.94. The molecule has 0 bridgehead atoms. The summed E-state index contributed by atoms with van der Waals surface area (Å²) < 4.78 is 34.2. The van der Waals surface area contributed by atoms with Crippen LogP contribution >= 0.6 is 11.6 Å². The average Bonchev–Trinajstić information content (AvgIpc) is 2.85. The Labute approximate surface area is 213 Å². The van der Waals surface area contributed by atoms with E-state index in [-0.39, 0.29) is 29.2 Å².